The van der Waals surface area contributed by atoms with E-state index in [-0.39, 0.29) is 5.78 Å². The zero-order valence-corrected chi connectivity index (χ0v) is 17.0. The van der Waals surface area contributed by atoms with Crippen molar-refractivity contribution in [1.82, 2.24) is 9.88 Å². The van der Waals surface area contributed by atoms with E-state index in [0.717, 1.165) is 38.2 Å². The smallest absolute Gasteiger partial charge is 0.130 e. The van der Waals surface area contributed by atoms with Crippen molar-refractivity contribution in [2.24, 2.45) is 0 Å². The third kappa shape index (κ3) is 6.45. The van der Waals surface area contributed by atoms with Crippen molar-refractivity contribution in [3.05, 3.63) is 59.9 Å². The fourth-order valence-electron chi connectivity index (χ4n) is 3.89. The van der Waals surface area contributed by atoms with Gasteiger partial charge in [0, 0.05) is 24.9 Å². The number of Topliss-reactive ketones (excluding diaryl/α,β-unsaturated/α-hetero) is 1. The highest BCUT2D eigenvalue weighted by Crippen LogP contribution is 2.30. The molecule has 1 atom stereocenters. The number of hydrogen-bond acceptors (Lipinski definition) is 4. The van der Waals surface area contributed by atoms with Crippen LogP contribution in [0.15, 0.2) is 48.8 Å². The molecule has 150 valence electrons. The summed E-state index contributed by atoms with van der Waals surface area (Å²) in [7, 11) is 0. The second-order valence-electron chi connectivity index (χ2n) is 7.74. The predicted molar refractivity (Wildman–Crippen MR) is 113 cm³/mol. The lowest BCUT2D eigenvalue weighted by Gasteiger charge is -2.35. The van der Waals surface area contributed by atoms with E-state index in [0.29, 0.717) is 12.5 Å². The molecule has 0 radical (unpaired) electrons. The average molecular weight is 381 g/mol. The summed E-state index contributed by atoms with van der Waals surface area (Å²) in [4.78, 5) is 18.0. The van der Waals surface area contributed by atoms with Gasteiger partial charge in [0.25, 0.3) is 0 Å². The molecule has 1 aromatic carbocycles. The van der Waals surface area contributed by atoms with Gasteiger partial charge in [0.15, 0.2) is 0 Å². The van der Waals surface area contributed by atoms with Gasteiger partial charge in [-0.3, -0.25) is 9.88 Å². The molecule has 0 amide bonds. The van der Waals surface area contributed by atoms with Crippen molar-refractivity contribution in [3.63, 3.8) is 0 Å². The van der Waals surface area contributed by atoms with Crippen molar-refractivity contribution in [3.8, 4) is 5.75 Å². The molecular weight excluding hydrogens is 348 g/mol. The van der Waals surface area contributed by atoms with E-state index in [1.807, 2.05) is 30.6 Å². The Kier molecular flexibility index (Phi) is 8.04. The topological polar surface area (TPSA) is 42.4 Å². The van der Waals surface area contributed by atoms with Crippen LogP contribution in [0.3, 0.4) is 0 Å². The van der Waals surface area contributed by atoms with Crippen LogP contribution in [0, 0.1) is 0 Å². The van der Waals surface area contributed by atoms with Crippen LogP contribution in [0.1, 0.15) is 62.6 Å². The lowest BCUT2D eigenvalue weighted by atomic mass is 9.96. The molecule has 4 nitrogen and oxygen atoms in total. The summed E-state index contributed by atoms with van der Waals surface area (Å²) in [6, 6.07) is 12.9. The fraction of sp³-hybridized carbons (Fsp3) is 0.500. The van der Waals surface area contributed by atoms with Crippen LogP contribution in [0.5, 0.6) is 5.75 Å². The van der Waals surface area contributed by atoms with Crippen molar-refractivity contribution in [1.29, 1.82) is 0 Å². The summed E-state index contributed by atoms with van der Waals surface area (Å²) in [6.07, 6.45) is 11.3. The molecule has 0 saturated carbocycles. The maximum atomic E-state index is 11.1. The van der Waals surface area contributed by atoms with E-state index in [2.05, 4.69) is 28.1 Å². The number of ether oxygens (including phenoxy) is 1. The van der Waals surface area contributed by atoms with Gasteiger partial charge < -0.3 is 9.53 Å². The number of rotatable bonds is 10. The number of unbranched alkanes of at least 4 members (excludes halogenated alkanes) is 1. The van der Waals surface area contributed by atoms with E-state index in [1.54, 1.807) is 6.92 Å². The first-order valence-electron chi connectivity index (χ1n) is 10.6. The Balaban J connectivity index is 1.37. The third-order valence-corrected chi connectivity index (χ3v) is 5.48. The van der Waals surface area contributed by atoms with Crippen molar-refractivity contribution in [2.45, 2.75) is 57.9 Å². The Morgan fingerprint density at radius 3 is 2.79 bits per heavy atom. The highest BCUT2D eigenvalue weighted by atomic mass is 16.5. The number of aromatic nitrogens is 1. The van der Waals surface area contributed by atoms with Crippen LogP contribution >= 0.6 is 0 Å². The van der Waals surface area contributed by atoms with Gasteiger partial charge in [-0.05, 0) is 81.4 Å². The number of hydrogen-bond donors (Lipinski definition) is 0. The quantitative estimate of drug-likeness (QED) is 0.545. The number of nitrogens with zero attached hydrogens (tertiary/aromatic N) is 2. The first kappa shape index (κ1) is 20.5. The first-order valence-corrected chi connectivity index (χ1v) is 10.6. The van der Waals surface area contributed by atoms with E-state index in [9.17, 15) is 4.79 Å². The zero-order valence-electron chi connectivity index (χ0n) is 17.0. The van der Waals surface area contributed by atoms with E-state index in [1.165, 1.54) is 36.9 Å². The lowest BCUT2D eigenvalue weighted by Crippen LogP contribution is -2.34. The maximum Gasteiger partial charge on any atom is 0.130 e. The van der Waals surface area contributed by atoms with Gasteiger partial charge in [-0.15, -0.1) is 0 Å². The molecule has 0 aliphatic carbocycles. The monoisotopic (exact) mass is 380 g/mol. The Hall–Kier alpha value is -2.20. The van der Waals surface area contributed by atoms with Crippen LogP contribution in [0.25, 0.3) is 0 Å². The molecule has 4 heteroatoms. The molecule has 1 fully saturated rings. The predicted octanol–water partition coefficient (Wildman–Crippen LogP) is 4.99. The van der Waals surface area contributed by atoms with Crippen molar-refractivity contribution < 1.29 is 9.53 Å². The number of likely N-dealkylation sites (tertiary alicyclic amines) is 1. The average Bonchev–Trinajstić information content (AvgIpc) is 2.74. The van der Waals surface area contributed by atoms with Crippen LogP contribution < -0.4 is 4.74 Å². The van der Waals surface area contributed by atoms with Crippen molar-refractivity contribution in [2.75, 3.05) is 19.7 Å². The summed E-state index contributed by atoms with van der Waals surface area (Å²) in [5.41, 5.74) is 2.54. The molecule has 1 aliphatic heterocycles. The van der Waals surface area contributed by atoms with E-state index >= 15 is 0 Å². The Labute approximate surface area is 168 Å². The van der Waals surface area contributed by atoms with Crippen LogP contribution in [0.4, 0.5) is 0 Å². The van der Waals surface area contributed by atoms with Gasteiger partial charge in [-0.1, -0.05) is 24.6 Å². The number of pyridine rings is 1. The molecule has 3 rings (SSSR count). The molecule has 2 heterocycles. The normalized spacial score (nSPS) is 17.4. The van der Waals surface area contributed by atoms with E-state index in [4.69, 9.17) is 4.74 Å². The number of aryl methyl sites for hydroxylation is 1. The lowest BCUT2D eigenvalue weighted by molar-refractivity contribution is -0.116. The Morgan fingerprint density at radius 2 is 2.04 bits per heavy atom. The number of benzene rings is 1. The van der Waals surface area contributed by atoms with Crippen LogP contribution in [0.2, 0.25) is 0 Å². The highest BCUT2D eigenvalue weighted by Gasteiger charge is 2.23. The number of ketones is 1. The van der Waals surface area contributed by atoms with Gasteiger partial charge >= 0.3 is 0 Å². The summed E-state index contributed by atoms with van der Waals surface area (Å²) in [5.74, 6) is 1.15. The molecule has 0 N–H and O–H groups in total. The standard InChI is InChI=1S/C24H32N2O2/c1-20(27)9-10-21-11-13-23(14-12-21)28-18-5-4-17-26-16-3-2-8-24(26)22-7-6-15-25-19-22/h6-7,11-15,19,24H,2-5,8-10,16-18H2,1H3/t24-/m1/s1. The molecule has 28 heavy (non-hydrogen) atoms. The largest absolute Gasteiger partial charge is 0.494 e. The second kappa shape index (κ2) is 11.0. The van der Waals surface area contributed by atoms with Gasteiger partial charge in [-0.25, -0.2) is 0 Å². The van der Waals surface area contributed by atoms with Gasteiger partial charge in [-0.2, -0.15) is 0 Å². The van der Waals surface area contributed by atoms with Gasteiger partial charge in [0.2, 0.25) is 0 Å². The highest BCUT2D eigenvalue weighted by molar-refractivity contribution is 5.75. The van der Waals surface area contributed by atoms with Crippen molar-refractivity contribution >= 4 is 5.78 Å². The molecule has 1 aliphatic rings. The second-order valence-corrected chi connectivity index (χ2v) is 7.74. The van der Waals surface area contributed by atoms with Gasteiger partial charge in [0.1, 0.15) is 11.5 Å². The fourth-order valence-corrected chi connectivity index (χ4v) is 3.89. The Morgan fingerprint density at radius 1 is 1.18 bits per heavy atom. The van der Waals surface area contributed by atoms with Crippen LogP contribution in [-0.2, 0) is 11.2 Å². The minimum atomic E-state index is 0.236. The number of carbonyl (C=O) groups excluding carboxylic acids is 1. The van der Waals surface area contributed by atoms with E-state index < -0.39 is 0 Å². The Bertz CT molecular complexity index is 715. The third-order valence-electron chi connectivity index (χ3n) is 5.48. The summed E-state index contributed by atoms with van der Waals surface area (Å²) in [6.45, 7) is 4.69. The minimum absolute atomic E-state index is 0.236. The molecule has 1 aromatic heterocycles. The summed E-state index contributed by atoms with van der Waals surface area (Å²) < 4.78 is 5.89. The number of piperidine rings is 1. The summed E-state index contributed by atoms with van der Waals surface area (Å²) >= 11 is 0. The number of carbonyl (C=O) groups is 1. The molecular formula is C24H32N2O2. The molecule has 1 saturated heterocycles. The van der Waals surface area contributed by atoms with Gasteiger partial charge in [0.05, 0.1) is 6.61 Å². The molecule has 2 aromatic rings. The molecule has 0 spiro atoms. The van der Waals surface area contributed by atoms with Crippen LogP contribution in [-0.4, -0.2) is 35.4 Å². The minimum Gasteiger partial charge on any atom is -0.494 e. The SMILES string of the molecule is CC(=O)CCc1ccc(OCCCCN2CCCC[C@@H]2c2cccnc2)cc1. The summed E-state index contributed by atoms with van der Waals surface area (Å²) in [5, 5.41) is 0. The zero-order chi connectivity index (χ0) is 19.6. The first-order chi connectivity index (χ1) is 13.7. The molecule has 0 bridgehead atoms. The maximum absolute atomic E-state index is 11.1. The molecule has 0 unspecified atom stereocenters.